The average Bonchev–Trinajstić information content (AvgIpc) is 2.94. The van der Waals surface area contributed by atoms with Crippen molar-refractivity contribution in [3.63, 3.8) is 0 Å². The molecule has 0 spiro atoms. The molecule has 1 saturated carbocycles. The Hall–Kier alpha value is -1.03. The van der Waals surface area contributed by atoms with Crippen LogP contribution in [0.5, 0.6) is 0 Å². The van der Waals surface area contributed by atoms with E-state index in [-0.39, 0.29) is 5.41 Å². The maximum absolute atomic E-state index is 8.48. The highest BCUT2D eigenvalue weighted by Gasteiger charge is 2.42. The third-order valence-electron chi connectivity index (χ3n) is 2.79. The van der Waals surface area contributed by atoms with Gasteiger partial charge in [-0.2, -0.15) is 0 Å². The fourth-order valence-electron chi connectivity index (χ4n) is 1.47. The molecule has 14 heavy (non-hydrogen) atoms. The Bertz CT molecular complexity index is 234. The van der Waals surface area contributed by atoms with Crippen molar-refractivity contribution < 1.29 is 5.21 Å². The standard InChI is InChI=1S/C10H19N3O/c1-3-8(2)12-7-10(4-5-10)6-9(11)13-14/h3,8,12,14H,1,4-7H2,2H3,(H2,11,13). The summed E-state index contributed by atoms with van der Waals surface area (Å²) in [6.07, 6.45) is 4.86. The van der Waals surface area contributed by atoms with Crippen molar-refractivity contribution in [1.29, 1.82) is 0 Å². The van der Waals surface area contributed by atoms with E-state index in [1.165, 1.54) is 0 Å². The zero-order valence-electron chi connectivity index (χ0n) is 8.66. The lowest BCUT2D eigenvalue weighted by Crippen LogP contribution is -2.32. The van der Waals surface area contributed by atoms with Gasteiger partial charge in [0.05, 0.1) is 0 Å². The van der Waals surface area contributed by atoms with E-state index in [2.05, 4.69) is 24.0 Å². The Balaban J connectivity index is 2.32. The molecule has 0 heterocycles. The lowest BCUT2D eigenvalue weighted by atomic mass is 10.0. The minimum atomic E-state index is 0.230. The number of nitrogens with two attached hydrogens (primary N) is 1. The summed E-state index contributed by atoms with van der Waals surface area (Å²) in [6.45, 7) is 6.68. The molecule has 80 valence electrons. The molecule has 0 aromatic rings. The van der Waals surface area contributed by atoms with Gasteiger partial charge in [0.2, 0.25) is 0 Å². The number of nitrogens with zero attached hydrogens (tertiary/aromatic N) is 1. The van der Waals surface area contributed by atoms with Gasteiger partial charge in [-0.3, -0.25) is 0 Å². The SMILES string of the molecule is C=CC(C)NCC1(C/C(N)=N/O)CC1. The number of rotatable bonds is 6. The van der Waals surface area contributed by atoms with E-state index < -0.39 is 0 Å². The molecule has 1 fully saturated rings. The highest BCUT2D eigenvalue weighted by atomic mass is 16.4. The van der Waals surface area contributed by atoms with E-state index in [9.17, 15) is 0 Å². The lowest BCUT2D eigenvalue weighted by Gasteiger charge is -2.17. The summed E-state index contributed by atoms with van der Waals surface area (Å²) >= 11 is 0. The smallest absolute Gasteiger partial charge is 0.139 e. The first-order valence-electron chi connectivity index (χ1n) is 4.94. The molecule has 0 amide bonds. The van der Waals surface area contributed by atoms with Crippen molar-refractivity contribution in [2.75, 3.05) is 6.54 Å². The molecule has 0 aliphatic heterocycles. The molecule has 0 saturated heterocycles. The second-order valence-corrected chi connectivity index (χ2v) is 4.17. The van der Waals surface area contributed by atoms with E-state index in [0.717, 1.165) is 19.4 Å². The first kappa shape index (κ1) is 11.0. The van der Waals surface area contributed by atoms with Gasteiger partial charge in [-0.1, -0.05) is 11.2 Å². The van der Waals surface area contributed by atoms with Crippen LogP contribution in [0.25, 0.3) is 0 Å². The van der Waals surface area contributed by atoms with Crippen molar-refractivity contribution in [2.24, 2.45) is 16.3 Å². The van der Waals surface area contributed by atoms with Gasteiger partial charge in [0, 0.05) is 19.0 Å². The minimum absolute atomic E-state index is 0.230. The fourth-order valence-corrected chi connectivity index (χ4v) is 1.47. The summed E-state index contributed by atoms with van der Waals surface area (Å²) in [7, 11) is 0. The number of hydrogen-bond donors (Lipinski definition) is 3. The van der Waals surface area contributed by atoms with Crippen LogP contribution in [0.1, 0.15) is 26.2 Å². The van der Waals surface area contributed by atoms with Crippen LogP contribution < -0.4 is 11.1 Å². The summed E-state index contributed by atoms with van der Waals surface area (Å²) in [5.74, 6) is 0.329. The molecule has 0 aromatic heterocycles. The van der Waals surface area contributed by atoms with Crippen LogP contribution in [0.3, 0.4) is 0 Å². The predicted molar refractivity (Wildman–Crippen MR) is 57.4 cm³/mol. The van der Waals surface area contributed by atoms with Crippen molar-refractivity contribution in [3.05, 3.63) is 12.7 Å². The van der Waals surface area contributed by atoms with Gasteiger partial charge < -0.3 is 16.3 Å². The quantitative estimate of drug-likeness (QED) is 0.196. The average molecular weight is 197 g/mol. The summed E-state index contributed by atoms with van der Waals surface area (Å²) < 4.78 is 0. The number of hydrogen-bond acceptors (Lipinski definition) is 3. The molecule has 0 aromatic carbocycles. The van der Waals surface area contributed by atoms with Crippen molar-refractivity contribution in [3.8, 4) is 0 Å². The van der Waals surface area contributed by atoms with Gasteiger partial charge in [0.15, 0.2) is 0 Å². The minimum Gasteiger partial charge on any atom is -0.409 e. The summed E-state index contributed by atoms with van der Waals surface area (Å²) in [5, 5.41) is 14.8. The number of nitrogens with one attached hydrogen (secondary N) is 1. The largest absolute Gasteiger partial charge is 0.409 e. The van der Waals surface area contributed by atoms with E-state index in [0.29, 0.717) is 18.3 Å². The van der Waals surface area contributed by atoms with Crippen LogP contribution in [0.4, 0.5) is 0 Å². The predicted octanol–water partition coefficient (Wildman–Crippen LogP) is 1.07. The third kappa shape index (κ3) is 3.03. The Morgan fingerprint density at radius 2 is 2.43 bits per heavy atom. The molecule has 1 atom stereocenters. The van der Waals surface area contributed by atoms with Gasteiger partial charge in [0.25, 0.3) is 0 Å². The van der Waals surface area contributed by atoms with Crippen LogP contribution in [-0.2, 0) is 0 Å². The van der Waals surface area contributed by atoms with Gasteiger partial charge in [-0.25, -0.2) is 0 Å². The maximum atomic E-state index is 8.48. The summed E-state index contributed by atoms with van der Waals surface area (Å²) in [6, 6.07) is 0.319. The molecular weight excluding hydrogens is 178 g/mol. The summed E-state index contributed by atoms with van der Waals surface area (Å²) in [5.41, 5.74) is 5.72. The maximum Gasteiger partial charge on any atom is 0.139 e. The van der Waals surface area contributed by atoms with Crippen molar-refractivity contribution >= 4 is 5.84 Å². The van der Waals surface area contributed by atoms with Crippen LogP contribution in [-0.4, -0.2) is 23.6 Å². The Morgan fingerprint density at radius 1 is 1.79 bits per heavy atom. The molecule has 0 radical (unpaired) electrons. The lowest BCUT2D eigenvalue weighted by molar-refractivity contribution is 0.314. The molecule has 1 aliphatic carbocycles. The summed E-state index contributed by atoms with van der Waals surface area (Å²) in [4.78, 5) is 0. The first-order valence-corrected chi connectivity index (χ1v) is 4.94. The first-order chi connectivity index (χ1) is 6.62. The molecule has 1 aliphatic rings. The van der Waals surface area contributed by atoms with Gasteiger partial charge in [0.1, 0.15) is 5.84 Å². The Labute approximate surface area is 84.9 Å². The topological polar surface area (TPSA) is 70.6 Å². The third-order valence-corrected chi connectivity index (χ3v) is 2.79. The molecule has 0 bridgehead atoms. The van der Waals surface area contributed by atoms with Crippen LogP contribution in [0.2, 0.25) is 0 Å². The van der Waals surface area contributed by atoms with E-state index in [1.807, 2.05) is 6.08 Å². The zero-order chi connectivity index (χ0) is 10.6. The monoisotopic (exact) mass is 197 g/mol. The van der Waals surface area contributed by atoms with E-state index in [4.69, 9.17) is 10.9 Å². The molecule has 4 nitrogen and oxygen atoms in total. The fraction of sp³-hybridized carbons (Fsp3) is 0.700. The Morgan fingerprint density at radius 3 is 2.86 bits per heavy atom. The number of oxime groups is 1. The van der Waals surface area contributed by atoms with E-state index >= 15 is 0 Å². The number of amidine groups is 1. The van der Waals surface area contributed by atoms with Gasteiger partial charge >= 0.3 is 0 Å². The van der Waals surface area contributed by atoms with Gasteiger partial charge in [-0.05, 0) is 25.2 Å². The van der Waals surface area contributed by atoms with Gasteiger partial charge in [-0.15, -0.1) is 6.58 Å². The zero-order valence-corrected chi connectivity index (χ0v) is 8.66. The molecule has 1 rings (SSSR count). The Kier molecular flexibility index (Phi) is 3.52. The molecule has 4 N–H and O–H groups in total. The second-order valence-electron chi connectivity index (χ2n) is 4.17. The molecular formula is C10H19N3O. The van der Waals surface area contributed by atoms with Crippen LogP contribution in [0, 0.1) is 5.41 Å². The van der Waals surface area contributed by atoms with Crippen molar-refractivity contribution in [1.82, 2.24) is 5.32 Å². The highest BCUT2D eigenvalue weighted by molar-refractivity contribution is 5.80. The van der Waals surface area contributed by atoms with Crippen LogP contribution in [0.15, 0.2) is 17.8 Å². The second kappa shape index (κ2) is 4.46. The van der Waals surface area contributed by atoms with Crippen LogP contribution >= 0.6 is 0 Å². The molecule has 1 unspecified atom stereocenters. The molecule has 4 heteroatoms. The highest BCUT2D eigenvalue weighted by Crippen LogP contribution is 2.48. The van der Waals surface area contributed by atoms with Crippen molar-refractivity contribution in [2.45, 2.75) is 32.2 Å². The normalized spacial score (nSPS) is 21.6. The van der Waals surface area contributed by atoms with E-state index in [1.54, 1.807) is 0 Å².